The van der Waals surface area contributed by atoms with E-state index in [1.54, 1.807) is 0 Å². The molecule has 0 saturated heterocycles. The molecule has 0 aromatic carbocycles. The van der Waals surface area contributed by atoms with E-state index in [0.717, 1.165) is 30.8 Å². The summed E-state index contributed by atoms with van der Waals surface area (Å²) >= 11 is 0. The second-order valence-electron chi connectivity index (χ2n) is 9.82. The third-order valence-corrected chi connectivity index (χ3v) is 8.58. The van der Waals surface area contributed by atoms with Crippen LogP contribution in [0.4, 0.5) is 0 Å². The van der Waals surface area contributed by atoms with Crippen LogP contribution in [0.3, 0.4) is 0 Å². The van der Waals surface area contributed by atoms with Crippen molar-refractivity contribution in [1.29, 1.82) is 0 Å². The van der Waals surface area contributed by atoms with Crippen molar-refractivity contribution >= 4 is 0 Å². The van der Waals surface area contributed by atoms with Gasteiger partial charge in [-0.1, -0.05) is 33.8 Å². The lowest BCUT2D eigenvalue weighted by molar-refractivity contribution is -0.181. The average Bonchev–Trinajstić information content (AvgIpc) is 2.64. The predicted molar refractivity (Wildman–Crippen MR) is 88.3 cm³/mol. The van der Waals surface area contributed by atoms with Crippen LogP contribution in [0.2, 0.25) is 0 Å². The number of rotatable bonds is 0. The molecule has 4 saturated carbocycles. The summed E-state index contributed by atoms with van der Waals surface area (Å²) in [4.78, 5) is 0. The molecule has 2 bridgehead atoms. The molecule has 2 N–H and O–H groups in total. The normalized spacial score (nSPS) is 56.4. The Morgan fingerprint density at radius 1 is 1.05 bits per heavy atom. The van der Waals surface area contributed by atoms with E-state index in [-0.39, 0.29) is 29.0 Å². The summed E-state index contributed by atoms with van der Waals surface area (Å²) in [5.41, 5.74) is 1.61. The third-order valence-electron chi connectivity index (χ3n) is 8.58. The van der Waals surface area contributed by atoms with E-state index < -0.39 is 0 Å². The largest absolute Gasteiger partial charge is 0.392 e. The maximum absolute atomic E-state index is 11.0. The van der Waals surface area contributed by atoms with Crippen molar-refractivity contribution in [2.75, 3.05) is 0 Å². The molecule has 4 unspecified atom stereocenters. The summed E-state index contributed by atoms with van der Waals surface area (Å²) in [6.07, 6.45) is 7.44. The number of aliphatic hydroxyl groups excluding tert-OH is 2. The summed E-state index contributed by atoms with van der Waals surface area (Å²) in [7, 11) is 0. The van der Waals surface area contributed by atoms with Crippen LogP contribution < -0.4 is 0 Å². The van der Waals surface area contributed by atoms with Gasteiger partial charge in [-0.2, -0.15) is 0 Å². The van der Waals surface area contributed by atoms with E-state index >= 15 is 0 Å². The molecule has 2 heteroatoms. The van der Waals surface area contributed by atoms with Gasteiger partial charge in [0.05, 0.1) is 12.2 Å². The Labute approximate surface area is 135 Å². The first-order chi connectivity index (χ1) is 10.2. The van der Waals surface area contributed by atoms with Gasteiger partial charge >= 0.3 is 0 Å². The molecule has 0 amide bonds. The van der Waals surface area contributed by atoms with Crippen molar-refractivity contribution < 1.29 is 10.2 Å². The fourth-order valence-electron chi connectivity index (χ4n) is 7.64. The van der Waals surface area contributed by atoms with Gasteiger partial charge in [0, 0.05) is 11.3 Å². The molecular weight excluding hydrogens is 272 g/mol. The van der Waals surface area contributed by atoms with Gasteiger partial charge in [-0.05, 0) is 66.8 Å². The Morgan fingerprint density at radius 2 is 1.77 bits per heavy atom. The van der Waals surface area contributed by atoms with Crippen LogP contribution in [0.5, 0.6) is 0 Å². The first kappa shape index (κ1) is 15.2. The number of fused-ring (bicyclic) bond motifs is 3. The van der Waals surface area contributed by atoms with Crippen LogP contribution in [-0.2, 0) is 0 Å². The van der Waals surface area contributed by atoms with Gasteiger partial charge in [-0.25, -0.2) is 0 Å². The Kier molecular flexibility index (Phi) is 3.03. The third kappa shape index (κ3) is 1.64. The minimum absolute atomic E-state index is 0.0135. The molecule has 1 spiro atoms. The highest BCUT2D eigenvalue weighted by molar-refractivity contribution is 5.28. The van der Waals surface area contributed by atoms with Crippen molar-refractivity contribution in [3.8, 4) is 0 Å². The summed E-state index contributed by atoms with van der Waals surface area (Å²) in [6.45, 7) is 11.5. The summed E-state index contributed by atoms with van der Waals surface area (Å²) in [6, 6.07) is 0. The molecule has 124 valence electrons. The van der Waals surface area contributed by atoms with Gasteiger partial charge in [0.15, 0.2) is 0 Å². The average molecular weight is 304 g/mol. The van der Waals surface area contributed by atoms with Crippen LogP contribution in [0.25, 0.3) is 0 Å². The molecular formula is C20H32O2. The summed E-state index contributed by atoms with van der Waals surface area (Å²) < 4.78 is 0. The second-order valence-corrected chi connectivity index (χ2v) is 9.82. The van der Waals surface area contributed by atoms with Crippen molar-refractivity contribution in [3.05, 3.63) is 12.2 Å². The second kappa shape index (κ2) is 4.39. The maximum Gasteiger partial charge on any atom is 0.0810 e. The van der Waals surface area contributed by atoms with E-state index in [2.05, 4.69) is 27.4 Å². The van der Waals surface area contributed by atoms with Gasteiger partial charge in [0.2, 0.25) is 0 Å². The molecule has 4 rings (SSSR count). The monoisotopic (exact) mass is 304 g/mol. The van der Waals surface area contributed by atoms with E-state index in [0.29, 0.717) is 11.3 Å². The standard InChI is InChI=1S/C20H32O2/c1-12-13-11-20(17(12)22)9-6-15-18(2,3)7-5-8-19(15,4)16(20)10-14(13)21/h13-17,21-22H,1,5-11H2,2-4H3/t13?,14-,15?,16?,17-,19+,20?/m0/s1. The molecule has 4 fully saturated rings. The molecule has 0 radical (unpaired) electrons. The lowest BCUT2D eigenvalue weighted by atomic mass is 9.41. The predicted octanol–water partition coefficient (Wildman–Crippen LogP) is 3.92. The van der Waals surface area contributed by atoms with Gasteiger partial charge in [0.1, 0.15) is 0 Å². The van der Waals surface area contributed by atoms with Crippen LogP contribution in [0.15, 0.2) is 12.2 Å². The highest BCUT2D eigenvalue weighted by Gasteiger charge is 2.67. The van der Waals surface area contributed by atoms with E-state index in [1.807, 2.05) is 0 Å². The van der Waals surface area contributed by atoms with E-state index in [1.165, 1.54) is 25.7 Å². The van der Waals surface area contributed by atoms with Gasteiger partial charge in [0.25, 0.3) is 0 Å². The number of hydrogen-bond acceptors (Lipinski definition) is 2. The highest BCUT2D eigenvalue weighted by atomic mass is 16.3. The van der Waals surface area contributed by atoms with Crippen LogP contribution in [0, 0.1) is 34.0 Å². The topological polar surface area (TPSA) is 40.5 Å². The smallest absolute Gasteiger partial charge is 0.0810 e. The van der Waals surface area contributed by atoms with Crippen LogP contribution >= 0.6 is 0 Å². The zero-order chi connectivity index (χ0) is 15.9. The SMILES string of the molecule is C=C1C2CC3(CCC4C(C)(C)CCC[C@@]4(C)C3C[C@@H]2O)[C@H]1O. The number of aliphatic hydroxyl groups is 2. The quantitative estimate of drug-likeness (QED) is 0.666. The lowest BCUT2D eigenvalue weighted by Gasteiger charge is -2.64. The molecule has 7 atom stereocenters. The molecule has 0 aliphatic heterocycles. The Balaban J connectivity index is 1.79. The Bertz CT molecular complexity index is 510. The van der Waals surface area contributed by atoms with Crippen molar-refractivity contribution in [2.45, 2.75) is 77.9 Å². The van der Waals surface area contributed by atoms with Gasteiger partial charge in [-0.15, -0.1) is 0 Å². The van der Waals surface area contributed by atoms with Crippen molar-refractivity contribution in [3.63, 3.8) is 0 Å². The van der Waals surface area contributed by atoms with Crippen molar-refractivity contribution in [2.24, 2.45) is 34.0 Å². The number of hydrogen-bond donors (Lipinski definition) is 2. The highest BCUT2D eigenvalue weighted by Crippen LogP contribution is 2.71. The van der Waals surface area contributed by atoms with E-state index in [4.69, 9.17) is 0 Å². The van der Waals surface area contributed by atoms with Gasteiger partial charge < -0.3 is 10.2 Å². The fraction of sp³-hybridized carbons (Fsp3) is 0.900. The molecule has 2 nitrogen and oxygen atoms in total. The molecule has 0 aromatic rings. The Hall–Kier alpha value is -0.340. The summed E-state index contributed by atoms with van der Waals surface area (Å²) in [5, 5.41) is 21.7. The minimum Gasteiger partial charge on any atom is -0.392 e. The Morgan fingerprint density at radius 3 is 2.50 bits per heavy atom. The van der Waals surface area contributed by atoms with Crippen LogP contribution in [0.1, 0.15) is 65.7 Å². The molecule has 4 aliphatic carbocycles. The lowest BCUT2D eigenvalue weighted by Crippen LogP contribution is -2.59. The van der Waals surface area contributed by atoms with E-state index in [9.17, 15) is 10.2 Å². The molecule has 22 heavy (non-hydrogen) atoms. The fourth-order valence-corrected chi connectivity index (χ4v) is 7.64. The zero-order valence-electron chi connectivity index (χ0n) is 14.4. The van der Waals surface area contributed by atoms with Crippen molar-refractivity contribution in [1.82, 2.24) is 0 Å². The summed E-state index contributed by atoms with van der Waals surface area (Å²) in [5.74, 6) is 1.33. The molecule has 0 heterocycles. The first-order valence-corrected chi connectivity index (χ1v) is 9.27. The maximum atomic E-state index is 11.0. The first-order valence-electron chi connectivity index (χ1n) is 9.27. The van der Waals surface area contributed by atoms with Crippen LogP contribution in [-0.4, -0.2) is 22.4 Å². The molecule has 0 aromatic heterocycles. The minimum atomic E-state index is -0.387. The van der Waals surface area contributed by atoms with Gasteiger partial charge in [-0.3, -0.25) is 0 Å². The zero-order valence-corrected chi connectivity index (χ0v) is 14.4. The molecule has 4 aliphatic rings.